The van der Waals surface area contributed by atoms with Gasteiger partial charge in [-0.25, -0.2) is 0 Å². The van der Waals surface area contributed by atoms with Crippen LogP contribution in [0.3, 0.4) is 0 Å². The fourth-order valence-corrected chi connectivity index (χ4v) is 3.34. The molecule has 0 amide bonds. The Morgan fingerprint density at radius 3 is 2.53 bits per heavy atom. The number of hydrogen-bond donors (Lipinski definition) is 0. The van der Waals surface area contributed by atoms with E-state index in [1.165, 1.54) is 55.4 Å². The van der Waals surface area contributed by atoms with Crippen molar-refractivity contribution in [3.63, 3.8) is 0 Å². The van der Waals surface area contributed by atoms with E-state index in [9.17, 15) is 0 Å². The van der Waals surface area contributed by atoms with Crippen molar-refractivity contribution in [3.8, 4) is 0 Å². The molecule has 1 aromatic carbocycles. The van der Waals surface area contributed by atoms with Gasteiger partial charge >= 0.3 is 0 Å². The number of halogens is 1. The molecule has 0 N–H and O–H groups in total. The minimum atomic E-state index is 0. The molecule has 1 aliphatic heterocycles. The van der Waals surface area contributed by atoms with Crippen LogP contribution >= 0.6 is 12.4 Å². The van der Waals surface area contributed by atoms with Gasteiger partial charge in [0.1, 0.15) is 0 Å². The smallest absolute Gasteiger partial charge is 0.0652 e. The highest BCUT2D eigenvalue weighted by Crippen LogP contribution is 2.38. The third-order valence-corrected chi connectivity index (χ3v) is 4.12. The van der Waals surface area contributed by atoms with Crippen molar-refractivity contribution in [2.45, 2.75) is 51.0 Å². The van der Waals surface area contributed by atoms with Gasteiger partial charge in [0.2, 0.25) is 0 Å². The number of benzene rings is 1. The summed E-state index contributed by atoms with van der Waals surface area (Å²) < 4.78 is 0. The molecule has 92 valence electrons. The maximum atomic E-state index is 5.03. The second-order valence-electron chi connectivity index (χ2n) is 5.32. The summed E-state index contributed by atoms with van der Waals surface area (Å²) in [6, 6.07) is 8.78. The topological polar surface area (TPSA) is 12.4 Å². The van der Waals surface area contributed by atoms with Crippen LogP contribution in [-0.2, 0) is 6.42 Å². The van der Waals surface area contributed by atoms with Gasteiger partial charge in [-0.2, -0.15) is 0 Å². The van der Waals surface area contributed by atoms with E-state index < -0.39 is 0 Å². The normalized spacial score (nSPS) is 21.4. The number of fused-ring (bicyclic) bond motifs is 1. The lowest BCUT2D eigenvalue weighted by molar-refractivity contribution is 0.294. The molecule has 17 heavy (non-hydrogen) atoms. The Kier molecular flexibility index (Phi) is 3.58. The van der Waals surface area contributed by atoms with E-state index in [0.717, 1.165) is 0 Å². The zero-order valence-corrected chi connectivity index (χ0v) is 11.2. The van der Waals surface area contributed by atoms with Gasteiger partial charge in [0.05, 0.1) is 5.54 Å². The molecule has 1 heterocycles. The molecule has 0 aromatic heterocycles. The van der Waals surface area contributed by atoms with Crippen molar-refractivity contribution >= 4 is 18.1 Å². The van der Waals surface area contributed by atoms with Crippen LogP contribution in [0.5, 0.6) is 0 Å². The van der Waals surface area contributed by atoms with Crippen LogP contribution < -0.4 is 0 Å². The summed E-state index contributed by atoms with van der Waals surface area (Å²) in [5, 5.41) is 0. The number of hydrogen-bond acceptors (Lipinski definition) is 1. The molecule has 0 bridgehead atoms. The first-order valence-corrected chi connectivity index (χ1v) is 6.44. The molecule has 1 fully saturated rings. The van der Waals surface area contributed by atoms with Crippen LogP contribution in [0.2, 0.25) is 0 Å². The second kappa shape index (κ2) is 4.81. The largest absolute Gasteiger partial charge is 0.282 e. The van der Waals surface area contributed by atoms with E-state index in [-0.39, 0.29) is 17.9 Å². The van der Waals surface area contributed by atoms with Crippen molar-refractivity contribution in [2.75, 3.05) is 0 Å². The Balaban J connectivity index is 0.00000108. The molecule has 1 spiro atoms. The lowest BCUT2D eigenvalue weighted by Crippen LogP contribution is -2.36. The molecule has 1 aromatic rings. The second-order valence-corrected chi connectivity index (χ2v) is 5.32. The third kappa shape index (κ3) is 2.26. The average molecular weight is 250 g/mol. The molecular weight excluding hydrogens is 230 g/mol. The van der Waals surface area contributed by atoms with Crippen LogP contribution in [-0.4, -0.2) is 11.3 Å². The minimum absolute atomic E-state index is 0. The van der Waals surface area contributed by atoms with E-state index in [2.05, 4.69) is 31.2 Å². The monoisotopic (exact) mass is 249 g/mol. The molecule has 1 nitrogen and oxygen atoms in total. The molecule has 0 radical (unpaired) electrons. The van der Waals surface area contributed by atoms with Gasteiger partial charge in [-0.05, 0) is 37.3 Å². The maximum Gasteiger partial charge on any atom is 0.0652 e. The summed E-state index contributed by atoms with van der Waals surface area (Å²) in [5.74, 6) is 0. The highest BCUT2D eigenvalue weighted by molar-refractivity contribution is 6.01. The number of aliphatic imine (C=N–C) groups is 1. The van der Waals surface area contributed by atoms with Crippen molar-refractivity contribution in [1.82, 2.24) is 0 Å². The van der Waals surface area contributed by atoms with Crippen molar-refractivity contribution in [3.05, 3.63) is 35.4 Å². The van der Waals surface area contributed by atoms with Crippen molar-refractivity contribution in [1.29, 1.82) is 0 Å². The summed E-state index contributed by atoms with van der Waals surface area (Å²) in [4.78, 5) is 5.03. The first-order valence-electron chi connectivity index (χ1n) is 6.44. The zero-order valence-electron chi connectivity index (χ0n) is 10.4. The maximum absolute atomic E-state index is 5.03. The van der Waals surface area contributed by atoms with Crippen LogP contribution in [0, 0.1) is 0 Å². The van der Waals surface area contributed by atoms with Gasteiger partial charge in [-0.15, -0.1) is 12.4 Å². The Labute approximate surface area is 110 Å². The lowest BCUT2D eigenvalue weighted by Gasteiger charge is -2.38. The summed E-state index contributed by atoms with van der Waals surface area (Å²) in [6.45, 7) is 2.17. The van der Waals surface area contributed by atoms with E-state index >= 15 is 0 Å². The Morgan fingerprint density at radius 1 is 1.06 bits per heavy atom. The van der Waals surface area contributed by atoms with E-state index in [1.807, 2.05) is 0 Å². The van der Waals surface area contributed by atoms with Crippen LogP contribution in [0.25, 0.3) is 0 Å². The van der Waals surface area contributed by atoms with E-state index in [1.54, 1.807) is 0 Å². The summed E-state index contributed by atoms with van der Waals surface area (Å²) in [7, 11) is 0. The SMILES string of the molecule is CC1=NC2(CCCCC2)Cc2ccccc21.Cl. The summed E-state index contributed by atoms with van der Waals surface area (Å²) in [6.07, 6.45) is 7.87. The van der Waals surface area contributed by atoms with E-state index in [4.69, 9.17) is 4.99 Å². The molecule has 3 rings (SSSR count). The van der Waals surface area contributed by atoms with Gasteiger partial charge < -0.3 is 0 Å². The molecule has 0 atom stereocenters. The molecular formula is C15H20ClN. The average Bonchev–Trinajstić information content (AvgIpc) is 2.30. The molecule has 2 heteroatoms. The fourth-order valence-electron chi connectivity index (χ4n) is 3.34. The molecule has 2 aliphatic rings. The molecule has 1 saturated carbocycles. The Morgan fingerprint density at radius 2 is 1.76 bits per heavy atom. The molecule has 0 unspecified atom stereocenters. The standard InChI is InChI=1S/C15H19N.ClH/c1-12-14-8-4-3-7-13(14)11-15(16-12)9-5-2-6-10-15;/h3-4,7-8H,2,5-6,9-11H2,1H3;1H. The van der Waals surface area contributed by atoms with Crippen molar-refractivity contribution < 1.29 is 0 Å². The zero-order chi connectivity index (χ0) is 11.0. The summed E-state index contributed by atoms with van der Waals surface area (Å²) >= 11 is 0. The molecule has 1 aliphatic carbocycles. The van der Waals surface area contributed by atoms with Crippen LogP contribution in [0.4, 0.5) is 0 Å². The predicted octanol–water partition coefficient (Wildman–Crippen LogP) is 4.18. The quantitative estimate of drug-likeness (QED) is 0.654. The molecule has 0 saturated heterocycles. The van der Waals surface area contributed by atoms with Gasteiger partial charge in [0.15, 0.2) is 0 Å². The predicted molar refractivity (Wildman–Crippen MR) is 75.4 cm³/mol. The number of rotatable bonds is 0. The minimum Gasteiger partial charge on any atom is -0.282 e. The van der Waals surface area contributed by atoms with Gasteiger partial charge in [-0.3, -0.25) is 4.99 Å². The fraction of sp³-hybridized carbons (Fsp3) is 0.533. The number of nitrogens with zero attached hydrogens (tertiary/aromatic N) is 1. The van der Waals surface area contributed by atoms with Crippen LogP contribution in [0.1, 0.15) is 50.2 Å². The first kappa shape index (κ1) is 12.6. The van der Waals surface area contributed by atoms with E-state index in [0.29, 0.717) is 0 Å². The third-order valence-electron chi connectivity index (χ3n) is 4.12. The lowest BCUT2D eigenvalue weighted by atomic mass is 9.75. The Hall–Kier alpha value is -0.820. The van der Waals surface area contributed by atoms with Gasteiger partial charge in [0.25, 0.3) is 0 Å². The van der Waals surface area contributed by atoms with Crippen LogP contribution in [0.15, 0.2) is 29.3 Å². The Bertz CT molecular complexity index is 430. The van der Waals surface area contributed by atoms with Gasteiger partial charge in [-0.1, -0.05) is 43.5 Å². The highest BCUT2D eigenvalue weighted by Gasteiger charge is 2.35. The first-order chi connectivity index (χ1) is 7.79. The highest BCUT2D eigenvalue weighted by atomic mass is 35.5. The van der Waals surface area contributed by atoms with Gasteiger partial charge in [0, 0.05) is 5.71 Å². The summed E-state index contributed by atoms with van der Waals surface area (Å²) in [5.41, 5.74) is 4.40. The van der Waals surface area contributed by atoms with Crippen molar-refractivity contribution in [2.24, 2.45) is 4.99 Å².